The van der Waals surface area contributed by atoms with Crippen LogP contribution in [0.25, 0.3) is 10.9 Å². The van der Waals surface area contributed by atoms with Crippen molar-refractivity contribution in [3.8, 4) is 0 Å². The average Bonchev–Trinajstić information content (AvgIpc) is 2.74. The quantitative estimate of drug-likeness (QED) is 0.765. The molecule has 1 fully saturated rings. The van der Waals surface area contributed by atoms with Crippen molar-refractivity contribution in [2.24, 2.45) is 0 Å². The Morgan fingerprint density at radius 2 is 1.59 bits per heavy atom. The molecule has 0 atom stereocenters. The van der Waals surface area contributed by atoms with Gasteiger partial charge in [0.15, 0.2) is 0 Å². The molecule has 5 heteroatoms. The van der Waals surface area contributed by atoms with Gasteiger partial charge in [-0.15, -0.1) is 0 Å². The summed E-state index contributed by atoms with van der Waals surface area (Å²) in [6.45, 7) is 1.55. The fourth-order valence-electron chi connectivity index (χ4n) is 3.53. The largest absolute Gasteiger partial charge is 0.339 e. The molecule has 5 nitrogen and oxygen atoms in total. The van der Waals surface area contributed by atoms with E-state index in [1.165, 1.54) is 0 Å². The molecule has 3 aromatic rings. The van der Waals surface area contributed by atoms with Crippen LogP contribution in [0.3, 0.4) is 0 Å². The maximum Gasteiger partial charge on any atom is 0.256 e. The molecule has 1 aliphatic rings. The number of amides is 2. The van der Waals surface area contributed by atoms with Crippen LogP contribution in [0.1, 0.15) is 40.0 Å². The van der Waals surface area contributed by atoms with E-state index in [4.69, 9.17) is 0 Å². The third kappa shape index (κ3) is 3.53. The predicted octanol–water partition coefficient (Wildman–Crippen LogP) is 4.11. The number of nitrogens with one attached hydrogen (secondary N) is 1. The SMILES string of the molecule is O=C(Nc1ccccc1C(=O)N1CCCCC1)c1ccnc2ccccc12. The highest BCUT2D eigenvalue weighted by Gasteiger charge is 2.21. The number of piperidine rings is 1. The summed E-state index contributed by atoms with van der Waals surface area (Å²) in [7, 11) is 0. The number of nitrogens with zero attached hydrogens (tertiary/aromatic N) is 2. The van der Waals surface area contributed by atoms with Crippen molar-refractivity contribution in [1.82, 2.24) is 9.88 Å². The summed E-state index contributed by atoms with van der Waals surface area (Å²) in [5.74, 6) is -0.266. The second kappa shape index (κ2) is 7.58. The molecule has 27 heavy (non-hydrogen) atoms. The summed E-state index contributed by atoms with van der Waals surface area (Å²) in [5.41, 5.74) is 2.38. The van der Waals surface area contributed by atoms with Gasteiger partial charge >= 0.3 is 0 Å². The fourth-order valence-corrected chi connectivity index (χ4v) is 3.53. The van der Waals surface area contributed by atoms with E-state index >= 15 is 0 Å². The number of pyridine rings is 1. The molecule has 2 amide bonds. The number of carbonyl (C=O) groups excluding carboxylic acids is 2. The first-order valence-electron chi connectivity index (χ1n) is 9.27. The first kappa shape index (κ1) is 17.2. The van der Waals surface area contributed by atoms with Crippen molar-refractivity contribution in [3.63, 3.8) is 0 Å². The van der Waals surface area contributed by atoms with Gasteiger partial charge in [-0.25, -0.2) is 0 Å². The van der Waals surface area contributed by atoms with Crippen molar-refractivity contribution < 1.29 is 9.59 Å². The fraction of sp³-hybridized carbons (Fsp3) is 0.227. The maximum absolute atomic E-state index is 12.9. The Hall–Kier alpha value is -3.21. The zero-order valence-corrected chi connectivity index (χ0v) is 15.0. The summed E-state index contributed by atoms with van der Waals surface area (Å²) >= 11 is 0. The minimum atomic E-state index is -0.243. The molecule has 0 radical (unpaired) electrons. The lowest BCUT2D eigenvalue weighted by molar-refractivity contribution is 0.0725. The van der Waals surface area contributed by atoms with Gasteiger partial charge in [0.1, 0.15) is 0 Å². The monoisotopic (exact) mass is 359 g/mol. The molecule has 4 rings (SSSR count). The van der Waals surface area contributed by atoms with Crippen LogP contribution < -0.4 is 5.32 Å². The maximum atomic E-state index is 12.9. The first-order chi connectivity index (χ1) is 13.2. The zero-order valence-electron chi connectivity index (χ0n) is 15.0. The van der Waals surface area contributed by atoms with Crippen molar-refractivity contribution >= 4 is 28.4 Å². The number of carbonyl (C=O) groups is 2. The number of hydrogen-bond donors (Lipinski definition) is 1. The summed E-state index contributed by atoms with van der Waals surface area (Å²) in [5, 5.41) is 3.71. The van der Waals surface area contributed by atoms with Crippen LogP contribution in [-0.2, 0) is 0 Å². The van der Waals surface area contributed by atoms with Crippen LogP contribution in [0, 0.1) is 0 Å². The molecule has 1 saturated heterocycles. The Bertz CT molecular complexity index is 988. The van der Waals surface area contributed by atoms with E-state index < -0.39 is 0 Å². The summed E-state index contributed by atoms with van der Waals surface area (Å²) in [6, 6.07) is 16.4. The second-order valence-electron chi connectivity index (χ2n) is 6.73. The van der Waals surface area contributed by atoms with Crippen molar-refractivity contribution in [2.45, 2.75) is 19.3 Å². The van der Waals surface area contributed by atoms with Gasteiger partial charge in [-0.3, -0.25) is 14.6 Å². The van der Waals surface area contributed by atoms with Crippen LogP contribution in [0.15, 0.2) is 60.8 Å². The highest BCUT2D eigenvalue weighted by Crippen LogP contribution is 2.22. The summed E-state index contributed by atoms with van der Waals surface area (Å²) in [6.07, 6.45) is 4.85. The van der Waals surface area contributed by atoms with E-state index in [0.29, 0.717) is 16.8 Å². The molecule has 0 aliphatic carbocycles. The minimum Gasteiger partial charge on any atom is -0.339 e. The highest BCUT2D eigenvalue weighted by molar-refractivity contribution is 6.14. The van der Waals surface area contributed by atoms with Crippen LogP contribution in [-0.4, -0.2) is 34.8 Å². The van der Waals surface area contributed by atoms with Gasteiger partial charge < -0.3 is 10.2 Å². The Morgan fingerprint density at radius 3 is 2.44 bits per heavy atom. The van der Waals surface area contributed by atoms with E-state index in [2.05, 4.69) is 10.3 Å². The number of likely N-dealkylation sites (tertiary alicyclic amines) is 1. The van der Waals surface area contributed by atoms with Crippen LogP contribution in [0.5, 0.6) is 0 Å². The van der Waals surface area contributed by atoms with Crippen LogP contribution in [0.4, 0.5) is 5.69 Å². The molecule has 0 unspecified atom stereocenters. The molecule has 2 aromatic carbocycles. The number of para-hydroxylation sites is 2. The summed E-state index contributed by atoms with van der Waals surface area (Å²) < 4.78 is 0. The second-order valence-corrected chi connectivity index (χ2v) is 6.73. The van der Waals surface area contributed by atoms with Crippen LogP contribution >= 0.6 is 0 Å². The van der Waals surface area contributed by atoms with Gasteiger partial charge in [0.05, 0.1) is 22.3 Å². The molecule has 1 N–H and O–H groups in total. The minimum absolute atomic E-state index is 0.0230. The third-order valence-electron chi connectivity index (χ3n) is 4.94. The zero-order chi connectivity index (χ0) is 18.6. The lowest BCUT2D eigenvalue weighted by Crippen LogP contribution is -2.36. The van der Waals surface area contributed by atoms with E-state index in [1.54, 1.807) is 24.4 Å². The van der Waals surface area contributed by atoms with Gasteiger partial charge in [-0.2, -0.15) is 0 Å². The lowest BCUT2D eigenvalue weighted by Gasteiger charge is -2.27. The molecule has 1 aromatic heterocycles. The van der Waals surface area contributed by atoms with E-state index in [1.807, 2.05) is 41.3 Å². The Morgan fingerprint density at radius 1 is 0.852 bits per heavy atom. The molecular formula is C22H21N3O2. The number of benzene rings is 2. The molecule has 2 heterocycles. The van der Waals surface area contributed by atoms with Gasteiger partial charge in [-0.1, -0.05) is 30.3 Å². The van der Waals surface area contributed by atoms with Gasteiger partial charge in [0, 0.05) is 24.7 Å². The first-order valence-corrected chi connectivity index (χ1v) is 9.27. The van der Waals surface area contributed by atoms with Crippen molar-refractivity contribution in [2.75, 3.05) is 18.4 Å². The van der Waals surface area contributed by atoms with E-state index in [-0.39, 0.29) is 11.8 Å². The molecule has 136 valence electrons. The van der Waals surface area contributed by atoms with Crippen molar-refractivity contribution in [1.29, 1.82) is 0 Å². The van der Waals surface area contributed by atoms with E-state index in [9.17, 15) is 9.59 Å². The smallest absolute Gasteiger partial charge is 0.256 e. The van der Waals surface area contributed by atoms with E-state index in [0.717, 1.165) is 43.3 Å². The molecule has 0 spiro atoms. The standard InChI is InChI=1S/C22H21N3O2/c26-21(17-12-13-23-19-10-4-2-8-16(17)19)24-20-11-5-3-9-18(20)22(27)25-14-6-1-7-15-25/h2-5,8-13H,1,6-7,14-15H2,(H,24,26). The number of anilines is 1. The Balaban J connectivity index is 1.63. The predicted molar refractivity (Wildman–Crippen MR) is 106 cm³/mol. The third-order valence-corrected chi connectivity index (χ3v) is 4.94. The Kier molecular flexibility index (Phi) is 4.83. The van der Waals surface area contributed by atoms with Gasteiger partial charge in [0.25, 0.3) is 11.8 Å². The number of fused-ring (bicyclic) bond motifs is 1. The Labute approximate surface area is 158 Å². The lowest BCUT2D eigenvalue weighted by atomic mass is 10.1. The van der Waals surface area contributed by atoms with Crippen molar-refractivity contribution in [3.05, 3.63) is 71.9 Å². The topological polar surface area (TPSA) is 62.3 Å². The molecule has 0 saturated carbocycles. The normalized spacial score (nSPS) is 14.1. The van der Waals surface area contributed by atoms with Gasteiger partial charge in [0.2, 0.25) is 0 Å². The number of rotatable bonds is 3. The van der Waals surface area contributed by atoms with Crippen LogP contribution in [0.2, 0.25) is 0 Å². The van der Waals surface area contributed by atoms with Gasteiger partial charge in [-0.05, 0) is 43.5 Å². The number of aromatic nitrogens is 1. The average molecular weight is 359 g/mol. The molecule has 0 bridgehead atoms. The summed E-state index contributed by atoms with van der Waals surface area (Å²) in [4.78, 5) is 32.0. The molecular weight excluding hydrogens is 338 g/mol. The number of hydrogen-bond acceptors (Lipinski definition) is 3. The molecule has 1 aliphatic heterocycles. The highest BCUT2D eigenvalue weighted by atomic mass is 16.2.